The third-order valence-corrected chi connectivity index (χ3v) is 4.98. The summed E-state index contributed by atoms with van der Waals surface area (Å²) in [7, 11) is 0. The molecule has 27 heavy (non-hydrogen) atoms. The van der Waals surface area contributed by atoms with Gasteiger partial charge in [-0.25, -0.2) is 0 Å². The highest BCUT2D eigenvalue weighted by Gasteiger charge is 2.25. The Bertz CT molecular complexity index is 992. The van der Waals surface area contributed by atoms with Crippen LogP contribution in [0.15, 0.2) is 73.1 Å². The van der Waals surface area contributed by atoms with Gasteiger partial charge in [0.2, 0.25) is 12.3 Å². The number of anilines is 1. The fraction of sp³-hybridized carbons (Fsp3) is 0.174. The smallest absolute Gasteiger partial charge is 0.258 e. The first-order chi connectivity index (χ1) is 13.1. The van der Waals surface area contributed by atoms with Crippen molar-refractivity contribution in [2.24, 2.45) is 0 Å². The first-order valence-corrected chi connectivity index (χ1v) is 9.10. The van der Waals surface area contributed by atoms with Gasteiger partial charge in [-0.2, -0.15) is 4.57 Å². The van der Waals surface area contributed by atoms with E-state index in [0.717, 1.165) is 28.8 Å². The summed E-state index contributed by atoms with van der Waals surface area (Å²) in [6.07, 6.45) is 4.56. The Morgan fingerprint density at radius 2 is 1.70 bits per heavy atom. The molecule has 1 amide bonds. The molecule has 1 aliphatic heterocycles. The summed E-state index contributed by atoms with van der Waals surface area (Å²) in [5.41, 5.74) is 4.58. The summed E-state index contributed by atoms with van der Waals surface area (Å²) in [5, 5.41) is 0. The predicted octanol–water partition coefficient (Wildman–Crippen LogP) is 3.37. The number of fused-ring (bicyclic) bond motifs is 1. The molecule has 1 aliphatic rings. The number of rotatable bonds is 4. The van der Waals surface area contributed by atoms with E-state index in [1.54, 1.807) is 4.90 Å². The minimum atomic E-state index is 0.0327. The molecule has 0 N–H and O–H groups in total. The van der Waals surface area contributed by atoms with Crippen molar-refractivity contribution in [2.45, 2.75) is 19.9 Å². The molecule has 0 saturated carbocycles. The summed E-state index contributed by atoms with van der Waals surface area (Å²) >= 11 is 0. The molecule has 4 rings (SSSR count). The molecule has 0 saturated heterocycles. The number of amides is 1. The van der Waals surface area contributed by atoms with Gasteiger partial charge in [-0.1, -0.05) is 48.0 Å². The number of carbonyl (C=O) groups excluding carboxylic acids is 2. The van der Waals surface area contributed by atoms with Crippen molar-refractivity contribution in [2.75, 3.05) is 11.4 Å². The maximum absolute atomic E-state index is 12.8. The average Bonchev–Trinajstić information content (AvgIpc) is 2.70. The van der Waals surface area contributed by atoms with Crippen LogP contribution < -0.4 is 9.47 Å². The number of hydrogen-bond donors (Lipinski definition) is 0. The standard InChI is InChI=1S/C23H21N2O2/c1-17-6-8-19(9-7-17)22(26)16-24-13-11-20(12-14-24)25-15-10-18-4-2-3-5-21(18)23(25)27/h2-9,11-14H,10,15-16H2,1H3/q+1. The Labute approximate surface area is 158 Å². The van der Waals surface area contributed by atoms with E-state index in [2.05, 4.69) is 0 Å². The Balaban J connectivity index is 1.49. The Kier molecular flexibility index (Phi) is 4.55. The largest absolute Gasteiger partial charge is 0.308 e. The lowest BCUT2D eigenvalue weighted by molar-refractivity contribution is -0.683. The van der Waals surface area contributed by atoms with Gasteiger partial charge >= 0.3 is 0 Å². The van der Waals surface area contributed by atoms with E-state index in [1.807, 2.05) is 84.5 Å². The molecular weight excluding hydrogens is 336 g/mol. The highest BCUT2D eigenvalue weighted by atomic mass is 16.2. The van der Waals surface area contributed by atoms with Crippen LogP contribution in [0.25, 0.3) is 0 Å². The number of benzene rings is 2. The van der Waals surface area contributed by atoms with Gasteiger partial charge in [-0.15, -0.1) is 0 Å². The van der Waals surface area contributed by atoms with Crippen LogP contribution in [0, 0.1) is 6.92 Å². The number of aromatic nitrogens is 1. The molecule has 0 bridgehead atoms. The number of carbonyl (C=O) groups is 2. The molecule has 0 unspecified atom stereocenters. The van der Waals surface area contributed by atoms with E-state index in [0.29, 0.717) is 12.1 Å². The first kappa shape index (κ1) is 17.2. The highest BCUT2D eigenvalue weighted by Crippen LogP contribution is 2.23. The van der Waals surface area contributed by atoms with Gasteiger partial charge in [-0.05, 0) is 25.0 Å². The number of nitrogens with zero attached hydrogens (tertiary/aromatic N) is 2. The summed E-state index contributed by atoms with van der Waals surface area (Å²) in [4.78, 5) is 27.0. The van der Waals surface area contributed by atoms with E-state index in [4.69, 9.17) is 0 Å². The van der Waals surface area contributed by atoms with Crippen LogP contribution in [0.1, 0.15) is 31.8 Å². The monoisotopic (exact) mass is 357 g/mol. The van der Waals surface area contributed by atoms with E-state index >= 15 is 0 Å². The van der Waals surface area contributed by atoms with Crippen molar-refractivity contribution >= 4 is 17.4 Å². The highest BCUT2D eigenvalue weighted by molar-refractivity contribution is 6.08. The van der Waals surface area contributed by atoms with Crippen molar-refractivity contribution in [3.63, 3.8) is 0 Å². The van der Waals surface area contributed by atoms with Crippen molar-refractivity contribution in [3.8, 4) is 0 Å². The minimum absolute atomic E-state index is 0.0327. The number of aryl methyl sites for hydroxylation is 1. The van der Waals surface area contributed by atoms with Crippen LogP contribution in [0.3, 0.4) is 0 Å². The van der Waals surface area contributed by atoms with E-state index < -0.39 is 0 Å². The fourth-order valence-corrected chi connectivity index (χ4v) is 3.40. The summed E-state index contributed by atoms with van der Waals surface area (Å²) in [6, 6.07) is 19.2. The average molecular weight is 357 g/mol. The molecule has 0 atom stereocenters. The van der Waals surface area contributed by atoms with Crippen molar-refractivity contribution in [1.82, 2.24) is 0 Å². The zero-order chi connectivity index (χ0) is 18.8. The zero-order valence-electron chi connectivity index (χ0n) is 15.3. The predicted molar refractivity (Wildman–Crippen MR) is 104 cm³/mol. The van der Waals surface area contributed by atoms with Crippen molar-refractivity contribution < 1.29 is 14.2 Å². The van der Waals surface area contributed by atoms with Gasteiger partial charge in [0.1, 0.15) is 0 Å². The second-order valence-corrected chi connectivity index (χ2v) is 6.88. The van der Waals surface area contributed by atoms with Gasteiger partial charge in [0, 0.05) is 29.8 Å². The Morgan fingerprint density at radius 1 is 1.00 bits per heavy atom. The molecule has 0 fully saturated rings. The van der Waals surface area contributed by atoms with E-state index in [9.17, 15) is 9.59 Å². The van der Waals surface area contributed by atoms with E-state index in [1.165, 1.54) is 0 Å². The third-order valence-electron chi connectivity index (χ3n) is 4.98. The van der Waals surface area contributed by atoms with Crippen LogP contribution in [0.2, 0.25) is 0 Å². The third kappa shape index (κ3) is 3.51. The minimum Gasteiger partial charge on any atom is -0.308 e. The quantitative estimate of drug-likeness (QED) is 0.531. The lowest BCUT2D eigenvalue weighted by atomic mass is 9.99. The number of Topliss-reactive ketones (excluding diaryl/α,β-unsaturated/α-hetero) is 1. The summed E-state index contributed by atoms with van der Waals surface area (Å²) < 4.78 is 1.84. The molecule has 3 aromatic rings. The fourth-order valence-electron chi connectivity index (χ4n) is 3.40. The number of ketones is 1. The van der Waals surface area contributed by atoms with Crippen molar-refractivity contribution in [1.29, 1.82) is 0 Å². The molecule has 2 heterocycles. The van der Waals surface area contributed by atoms with Gasteiger partial charge in [0.05, 0.1) is 5.69 Å². The molecule has 2 aromatic carbocycles. The number of pyridine rings is 1. The Hall–Kier alpha value is -3.27. The van der Waals surface area contributed by atoms with Gasteiger partial charge in [0.15, 0.2) is 12.4 Å². The lowest BCUT2D eigenvalue weighted by Crippen LogP contribution is -2.40. The SMILES string of the molecule is Cc1ccc(C(=O)C[n+]2ccc(N3CCc4ccccc4C3=O)cc2)cc1. The normalized spacial score (nSPS) is 13.4. The topological polar surface area (TPSA) is 41.3 Å². The molecule has 4 heteroatoms. The van der Waals surface area contributed by atoms with E-state index in [-0.39, 0.29) is 18.2 Å². The molecular formula is C23H21N2O2+. The molecule has 0 spiro atoms. The van der Waals surface area contributed by atoms with Crippen LogP contribution in [-0.4, -0.2) is 18.2 Å². The second kappa shape index (κ2) is 7.16. The van der Waals surface area contributed by atoms with Crippen LogP contribution in [0.4, 0.5) is 5.69 Å². The van der Waals surface area contributed by atoms with Crippen LogP contribution in [0.5, 0.6) is 0 Å². The molecule has 134 valence electrons. The summed E-state index contributed by atoms with van der Waals surface area (Å²) in [5.74, 6) is 0.0982. The van der Waals surface area contributed by atoms with Gasteiger partial charge in [0.25, 0.3) is 5.91 Å². The van der Waals surface area contributed by atoms with Crippen LogP contribution >= 0.6 is 0 Å². The zero-order valence-corrected chi connectivity index (χ0v) is 15.3. The van der Waals surface area contributed by atoms with Gasteiger partial charge in [-0.3, -0.25) is 9.59 Å². The van der Waals surface area contributed by atoms with Crippen LogP contribution in [-0.2, 0) is 13.0 Å². The lowest BCUT2D eigenvalue weighted by Gasteiger charge is -2.28. The van der Waals surface area contributed by atoms with Crippen molar-refractivity contribution in [3.05, 3.63) is 95.3 Å². The maximum atomic E-state index is 12.8. The maximum Gasteiger partial charge on any atom is 0.258 e. The molecule has 1 aromatic heterocycles. The summed E-state index contributed by atoms with van der Waals surface area (Å²) in [6.45, 7) is 2.95. The second-order valence-electron chi connectivity index (χ2n) is 6.88. The first-order valence-electron chi connectivity index (χ1n) is 9.10. The Morgan fingerprint density at radius 3 is 2.44 bits per heavy atom. The number of hydrogen-bond acceptors (Lipinski definition) is 2. The molecule has 4 nitrogen and oxygen atoms in total. The molecule has 0 radical (unpaired) electrons. The molecule has 0 aliphatic carbocycles. The van der Waals surface area contributed by atoms with Gasteiger partial charge < -0.3 is 4.90 Å².